The SMILES string of the molecule is N#Cc1c(NC(=O)c2cnn3c2N[C@@H](c2cccs2)C[C@@H]3C(F)(F)F)sc2c1CCCC2. The van der Waals surface area contributed by atoms with Crippen LogP contribution in [0.3, 0.4) is 0 Å². The van der Waals surface area contributed by atoms with Crippen LogP contribution in [0.2, 0.25) is 0 Å². The Labute approximate surface area is 189 Å². The molecular weight excluding hydrogens is 459 g/mol. The summed E-state index contributed by atoms with van der Waals surface area (Å²) >= 11 is 2.73. The maximum Gasteiger partial charge on any atom is 0.410 e. The average Bonchev–Trinajstić information content (AvgIpc) is 3.49. The topological polar surface area (TPSA) is 82.7 Å². The number of thiophene rings is 2. The molecule has 0 aromatic carbocycles. The Hall–Kier alpha value is -2.84. The zero-order chi connectivity index (χ0) is 22.5. The summed E-state index contributed by atoms with van der Waals surface area (Å²) in [4.78, 5) is 14.9. The number of nitriles is 1. The number of hydrogen-bond acceptors (Lipinski definition) is 6. The van der Waals surface area contributed by atoms with Gasteiger partial charge in [-0.15, -0.1) is 22.7 Å². The molecule has 5 rings (SSSR count). The highest BCUT2D eigenvalue weighted by molar-refractivity contribution is 7.16. The summed E-state index contributed by atoms with van der Waals surface area (Å²) in [6.45, 7) is 0. The molecule has 6 nitrogen and oxygen atoms in total. The first-order valence-corrected chi connectivity index (χ1v) is 11.9. The molecule has 0 bridgehead atoms. The molecule has 1 aliphatic heterocycles. The second-order valence-electron chi connectivity index (χ2n) is 7.84. The van der Waals surface area contributed by atoms with Crippen molar-refractivity contribution in [1.29, 1.82) is 5.26 Å². The van der Waals surface area contributed by atoms with Gasteiger partial charge in [0.15, 0.2) is 6.04 Å². The predicted molar refractivity (Wildman–Crippen MR) is 116 cm³/mol. The van der Waals surface area contributed by atoms with E-state index in [0.29, 0.717) is 10.6 Å². The van der Waals surface area contributed by atoms with E-state index >= 15 is 0 Å². The molecule has 0 spiro atoms. The largest absolute Gasteiger partial charge is 0.410 e. The van der Waals surface area contributed by atoms with E-state index < -0.39 is 24.2 Å². The molecule has 1 amide bonds. The van der Waals surface area contributed by atoms with Gasteiger partial charge >= 0.3 is 6.18 Å². The van der Waals surface area contributed by atoms with Crippen LogP contribution in [0.5, 0.6) is 0 Å². The van der Waals surface area contributed by atoms with Gasteiger partial charge in [0.2, 0.25) is 0 Å². The number of aromatic nitrogens is 2. The molecule has 0 unspecified atom stereocenters. The molecule has 3 aromatic rings. The first kappa shape index (κ1) is 21.0. The number of hydrogen-bond donors (Lipinski definition) is 2. The lowest BCUT2D eigenvalue weighted by Crippen LogP contribution is -2.36. The van der Waals surface area contributed by atoms with Crippen LogP contribution < -0.4 is 10.6 Å². The molecule has 3 aromatic heterocycles. The molecule has 0 saturated carbocycles. The van der Waals surface area contributed by atoms with Gasteiger partial charge in [-0.3, -0.25) is 4.79 Å². The number of amides is 1. The Kier molecular flexibility index (Phi) is 5.22. The summed E-state index contributed by atoms with van der Waals surface area (Å²) in [6.07, 6.45) is 0.136. The average molecular weight is 478 g/mol. The van der Waals surface area contributed by atoms with Crippen molar-refractivity contribution in [3.8, 4) is 6.07 Å². The van der Waals surface area contributed by atoms with E-state index in [1.807, 2.05) is 0 Å². The van der Waals surface area contributed by atoms with Crippen LogP contribution in [0.25, 0.3) is 0 Å². The number of carbonyl (C=O) groups is 1. The molecule has 2 aliphatic rings. The number of halogens is 3. The van der Waals surface area contributed by atoms with Gasteiger partial charge in [0.25, 0.3) is 5.91 Å². The molecule has 11 heteroatoms. The van der Waals surface area contributed by atoms with E-state index in [1.165, 1.54) is 22.7 Å². The number of nitrogens with zero attached hydrogens (tertiary/aromatic N) is 3. The fourth-order valence-electron chi connectivity index (χ4n) is 4.35. The van der Waals surface area contributed by atoms with Crippen LogP contribution >= 0.6 is 22.7 Å². The van der Waals surface area contributed by atoms with E-state index in [1.54, 1.807) is 17.5 Å². The molecule has 2 atom stereocenters. The lowest BCUT2D eigenvalue weighted by atomic mass is 9.96. The summed E-state index contributed by atoms with van der Waals surface area (Å²) in [5.41, 5.74) is 1.46. The number of carbonyl (C=O) groups excluding carboxylic acids is 1. The maximum absolute atomic E-state index is 13.8. The lowest BCUT2D eigenvalue weighted by molar-refractivity contribution is -0.173. The maximum atomic E-state index is 13.8. The number of nitrogens with one attached hydrogen (secondary N) is 2. The minimum absolute atomic E-state index is 0.0239. The van der Waals surface area contributed by atoms with Gasteiger partial charge in [0.05, 0.1) is 17.8 Å². The first-order chi connectivity index (χ1) is 15.4. The number of aryl methyl sites for hydroxylation is 1. The number of alkyl halides is 3. The molecule has 0 saturated heterocycles. The standard InChI is InChI=1S/C21H18F3N5OS2/c22-21(23,24)17-8-14(16-6-3-7-31-16)27-18-13(10-26-29(17)18)19(30)28-20-12(9-25)11-4-1-2-5-15(11)32-20/h3,6-7,10,14,17,27H,1-2,4-5,8H2,(H,28,30)/t14-,17-/m1/s1. The van der Waals surface area contributed by atoms with Crippen LogP contribution in [0, 0.1) is 11.3 Å². The normalized spacial score (nSPS) is 20.1. The minimum Gasteiger partial charge on any atom is -0.362 e. The fourth-order valence-corrected chi connectivity index (χ4v) is 6.37. The van der Waals surface area contributed by atoms with Crippen molar-refractivity contribution < 1.29 is 18.0 Å². The van der Waals surface area contributed by atoms with Crippen molar-refractivity contribution in [3.63, 3.8) is 0 Å². The Balaban J connectivity index is 1.49. The van der Waals surface area contributed by atoms with Gasteiger partial charge in [-0.2, -0.15) is 23.5 Å². The third-order valence-electron chi connectivity index (χ3n) is 5.88. The highest BCUT2D eigenvalue weighted by Crippen LogP contribution is 2.45. The Morgan fingerprint density at radius 1 is 1.34 bits per heavy atom. The molecular formula is C21H18F3N5OS2. The lowest BCUT2D eigenvalue weighted by Gasteiger charge is -2.33. The number of fused-ring (bicyclic) bond motifs is 2. The fraction of sp³-hybridized carbons (Fsp3) is 0.381. The third kappa shape index (κ3) is 3.57. The van der Waals surface area contributed by atoms with Crippen molar-refractivity contribution in [2.24, 2.45) is 0 Å². The highest BCUT2D eigenvalue weighted by atomic mass is 32.1. The zero-order valence-corrected chi connectivity index (χ0v) is 18.3. The van der Waals surface area contributed by atoms with Gasteiger partial charge < -0.3 is 10.6 Å². The molecule has 166 valence electrons. The Bertz CT molecular complexity index is 1210. The summed E-state index contributed by atoms with van der Waals surface area (Å²) in [7, 11) is 0. The van der Waals surface area contributed by atoms with E-state index in [4.69, 9.17) is 0 Å². The minimum atomic E-state index is -4.51. The highest BCUT2D eigenvalue weighted by Gasteiger charge is 2.47. The van der Waals surface area contributed by atoms with Gasteiger partial charge in [-0.25, -0.2) is 4.68 Å². The van der Waals surface area contributed by atoms with Gasteiger partial charge in [0.1, 0.15) is 22.5 Å². The van der Waals surface area contributed by atoms with E-state index in [-0.39, 0.29) is 17.8 Å². The van der Waals surface area contributed by atoms with Crippen LogP contribution in [-0.4, -0.2) is 21.9 Å². The first-order valence-electron chi connectivity index (χ1n) is 10.2. The second kappa shape index (κ2) is 7.94. The van der Waals surface area contributed by atoms with E-state index in [9.17, 15) is 23.2 Å². The quantitative estimate of drug-likeness (QED) is 0.509. The predicted octanol–water partition coefficient (Wildman–Crippen LogP) is 5.67. The summed E-state index contributed by atoms with van der Waals surface area (Å²) < 4.78 is 42.3. The van der Waals surface area contributed by atoms with Crippen LogP contribution in [0.1, 0.15) is 62.6 Å². The summed E-state index contributed by atoms with van der Waals surface area (Å²) in [5.74, 6) is -0.545. The van der Waals surface area contributed by atoms with E-state index in [0.717, 1.165) is 51.9 Å². The summed E-state index contributed by atoms with van der Waals surface area (Å²) in [5, 5.41) is 21.6. The van der Waals surface area contributed by atoms with Crippen LogP contribution in [0.15, 0.2) is 23.7 Å². The van der Waals surface area contributed by atoms with E-state index in [2.05, 4.69) is 21.8 Å². The molecule has 2 N–H and O–H groups in total. The van der Waals surface area contributed by atoms with Crippen molar-refractivity contribution in [2.75, 3.05) is 10.6 Å². The Morgan fingerprint density at radius 3 is 2.88 bits per heavy atom. The zero-order valence-electron chi connectivity index (χ0n) is 16.7. The van der Waals surface area contributed by atoms with Gasteiger partial charge in [-0.05, 0) is 42.7 Å². The van der Waals surface area contributed by atoms with Gasteiger partial charge in [0, 0.05) is 16.2 Å². The molecule has 1 aliphatic carbocycles. The number of rotatable bonds is 3. The van der Waals surface area contributed by atoms with Crippen molar-refractivity contribution in [1.82, 2.24) is 9.78 Å². The van der Waals surface area contributed by atoms with Crippen molar-refractivity contribution in [2.45, 2.75) is 50.4 Å². The monoisotopic (exact) mass is 477 g/mol. The Morgan fingerprint density at radius 2 is 2.16 bits per heavy atom. The van der Waals surface area contributed by atoms with Crippen LogP contribution in [-0.2, 0) is 12.8 Å². The van der Waals surface area contributed by atoms with Crippen molar-refractivity contribution in [3.05, 3.63) is 50.2 Å². The van der Waals surface area contributed by atoms with Gasteiger partial charge in [-0.1, -0.05) is 6.07 Å². The molecule has 32 heavy (non-hydrogen) atoms. The third-order valence-corrected chi connectivity index (χ3v) is 8.07. The summed E-state index contributed by atoms with van der Waals surface area (Å²) in [6, 6.07) is 3.32. The van der Waals surface area contributed by atoms with Crippen molar-refractivity contribution >= 4 is 39.4 Å². The smallest absolute Gasteiger partial charge is 0.362 e. The molecule has 0 fully saturated rings. The molecule has 0 radical (unpaired) electrons. The van der Waals surface area contributed by atoms with Crippen LogP contribution in [0.4, 0.5) is 24.0 Å². The molecule has 4 heterocycles. The number of anilines is 2. The second-order valence-corrected chi connectivity index (χ2v) is 9.92.